The van der Waals surface area contributed by atoms with Crippen molar-refractivity contribution < 1.29 is 4.74 Å². The van der Waals surface area contributed by atoms with Crippen LogP contribution in [0.4, 0.5) is 0 Å². The summed E-state index contributed by atoms with van der Waals surface area (Å²) in [6.07, 6.45) is 7.86. The monoisotopic (exact) mass is 181 g/mol. The van der Waals surface area contributed by atoms with Crippen molar-refractivity contribution in [2.45, 2.75) is 51.7 Å². The van der Waals surface area contributed by atoms with Crippen molar-refractivity contribution in [1.29, 1.82) is 0 Å². The van der Waals surface area contributed by atoms with Gasteiger partial charge in [-0.2, -0.15) is 0 Å². The number of aliphatic imine (C=N–C) groups is 1. The molecule has 74 valence electrons. The standard InChI is InChI=1S/C11H19NO/c1-10(2,3)12-9-11(4)7-5-6-8-13-11/h6,8-9H,5,7H2,1-4H3/b12-9+. The topological polar surface area (TPSA) is 21.6 Å². The van der Waals surface area contributed by atoms with Crippen molar-refractivity contribution in [2.75, 3.05) is 0 Å². The van der Waals surface area contributed by atoms with Gasteiger partial charge < -0.3 is 4.74 Å². The van der Waals surface area contributed by atoms with Crippen molar-refractivity contribution in [3.8, 4) is 0 Å². The highest BCUT2D eigenvalue weighted by Crippen LogP contribution is 2.21. The lowest BCUT2D eigenvalue weighted by Gasteiger charge is -2.28. The lowest BCUT2D eigenvalue weighted by molar-refractivity contribution is 0.0895. The minimum Gasteiger partial charge on any atom is -0.490 e. The molecule has 0 amide bonds. The van der Waals surface area contributed by atoms with Gasteiger partial charge in [-0.05, 0) is 46.6 Å². The normalized spacial score (nSPS) is 29.2. The van der Waals surface area contributed by atoms with Gasteiger partial charge in [-0.1, -0.05) is 0 Å². The number of rotatable bonds is 1. The van der Waals surface area contributed by atoms with Gasteiger partial charge in [0, 0.05) is 6.21 Å². The molecule has 0 saturated carbocycles. The summed E-state index contributed by atoms with van der Waals surface area (Å²) in [7, 11) is 0. The number of allylic oxidation sites excluding steroid dienone is 1. The molecule has 0 saturated heterocycles. The highest BCUT2D eigenvalue weighted by Gasteiger charge is 2.24. The van der Waals surface area contributed by atoms with Gasteiger partial charge in [0.05, 0.1) is 11.8 Å². The van der Waals surface area contributed by atoms with E-state index in [1.807, 2.05) is 12.3 Å². The Morgan fingerprint density at radius 3 is 2.62 bits per heavy atom. The lowest BCUT2D eigenvalue weighted by Crippen LogP contribution is -2.31. The van der Waals surface area contributed by atoms with Crippen LogP contribution in [0, 0.1) is 0 Å². The van der Waals surface area contributed by atoms with E-state index >= 15 is 0 Å². The van der Waals surface area contributed by atoms with Gasteiger partial charge in [0.25, 0.3) is 0 Å². The molecular formula is C11H19NO. The van der Waals surface area contributed by atoms with E-state index in [2.05, 4.69) is 32.7 Å². The molecule has 1 unspecified atom stereocenters. The Kier molecular flexibility index (Phi) is 2.79. The molecule has 1 heterocycles. The van der Waals surface area contributed by atoms with Gasteiger partial charge in [0.1, 0.15) is 5.60 Å². The second-order valence-corrected chi connectivity index (χ2v) is 4.77. The SMILES string of the molecule is CC(C)(C)/N=C/C1(C)CCC=CO1. The molecule has 0 aromatic carbocycles. The fourth-order valence-electron chi connectivity index (χ4n) is 1.13. The maximum absolute atomic E-state index is 5.53. The van der Waals surface area contributed by atoms with Crippen molar-refractivity contribution >= 4 is 6.21 Å². The molecule has 1 aliphatic heterocycles. The zero-order valence-corrected chi connectivity index (χ0v) is 9.00. The predicted molar refractivity (Wildman–Crippen MR) is 56.1 cm³/mol. The zero-order chi connectivity index (χ0) is 9.95. The number of nitrogens with zero attached hydrogens (tertiary/aromatic N) is 1. The molecule has 0 N–H and O–H groups in total. The van der Waals surface area contributed by atoms with Gasteiger partial charge in [0.2, 0.25) is 0 Å². The Morgan fingerprint density at radius 1 is 1.46 bits per heavy atom. The van der Waals surface area contributed by atoms with E-state index < -0.39 is 0 Å². The van der Waals surface area contributed by atoms with Gasteiger partial charge in [-0.25, -0.2) is 0 Å². The van der Waals surface area contributed by atoms with Crippen molar-refractivity contribution in [3.63, 3.8) is 0 Å². The van der Waals surface area contributed by atoms with E-state index in [-0.39, 0.29) is 11.1 Å². The van der Waals surface area contributed by atoms with Gasteiger partial charge >= 0.3 is 0 Å². The summed E-state index contributed by atoms with van der Waals surface area (Å²) in [6, 6.07) is 0. The van der Waals surface area contributed by atoms with E-state index in [1.54, 1.807) is 6.26 Å². The lowest BCUT2D eigenvalue weighted by atomic mass is 9.99. The molecule has 2 heteroatoms. The third kappa shape index (κ3) is 3.62. The smallest absolute Gasteiger partial charge is 0.140 e. The van der Waals surface area contributed by atoms with Gasteiger partial charge in [-0.15, -0.1) is 0 Å². The molecule has 0 aromatic rings. The van der Waals surface area contributed by atoms with E-state index in [0.717, 1.165) is 12.8 Å². The van der Waals surface area contributed by atoms with Crippen LogP contribution in [0.5, 0.6) is 0 Å². The van der Waals surface area contributed by atoms with Crippen LogP contribution in [-0.2, 0) is 4.74 Å². The van der Waals surface area contributed by atoms with Crippen LogP contribution in [0.3, 0.4) is 0 Å². The average Bonchev–Trinajstić information content (AvgIpc) is 2.02. The summed E-state index contributed by atoms with van der Waals surface area (Å²) < 4.78 is 5.53. The molecule has 0 radical (unpaired) electrons. The summed E-state index contributed by atoms with van der Waals surface area (Å²) in [5, 5.41) is 0. The summed E-state index contributed by atoms with van der Waals surface area (Å²) in [5.74, 6) is 0. The van der Waals surface area contributed by atoms with Gasteiger partial charge in [-0.3, -0.25) is 4.99 Å². The van der Waals surface area contributed by atoms with Crippen LogP contribution in [-0.4, -0.2) is 17.4 Å². The second kappa shape index (κ2) is 3.52. The first-order chi connectivity index (χ1) is 5.91. The molecular weight excluding hydrogens is 162 g/mol. The van der Waals surface area contributed by atoms with E-state index in [9.17, 15) is 0 Å². The van der Waals surface area contributed by atoms with Crippen LogP contribution in [0.15, 0.2) is 17.3 Å². The Morgan fingerprint density at radius 2 is 2.15 bits per heavy atom. The summed E-state index contributed by atoms with van der Waals surface area (Å²) >= 11 is 0. The molecule has 0 fully saturated rings. The highest BCUT2D eigenvalue weighted by molar-refractivity contribution is 5.69. The number of hydrogen-bond donors (Lipinski definition) is 0. The number of ether oxygens (including phenoxy) is 1. The van der Waals surface area contributed by atoms with Crippen molar-refractivity contribution in [3.05, 3.63) is 12.3 Å². The minimum absolute atomic E-state index is 0.00642. The first-order valence-corrected chi connectivity index (χ1v) is 4.81. The Hall–Kier alpha value is -0.790. The third-order valence-electron chi connectivity index (χ3n) is 1.97. The van der Waals surface area contributed by atoms with Crippen LogP contribution in [0.25, 0.3) is 0 Å². The maximum Gasteiger partial charge on any atom is 0.140 e. The summed E-state index contributed by atoms with van der Waals surface area (Å²) in [5.41, 5.74) is -0.199. The quantitative estimate of drug-likeness (QED) is 0.570. The van der Waals surface area contributed by atoms with Gasteiger partial charge in [0.15, 0.2) is 0 Å². The average molecular weight is 181 g/mol. The maximum atomic E-state index is 5.53. The van der Waals surface area contributed by atoms with Crippen LogP contribution in [0.2, 0.25) is 0 Å². The van der Waals surface area contributed by atoms with E-state index in [4.69, 9.17) is 4.74 Å². The summed E-state index contributed by atoms with van der Waals surface area (Å²) in [4.78, 5) is 4.47. The fraction of sp³-hybridized carbons (Fsp3) is 0.727. The molecule has 0 aromatic heterocycles. The van der Waals surface area contributed by atoms with E-state index in [0.29, 0.717) is 0 Å². The number of hydrogen-bond acceptors (Lipinski definition) is 2. The molecule has 2 nitrogen and oxygen atoms in total. The van der Waals surface area contributed by atoms with Crippen LogP contribution < -0.4 is 0 Å². The molecule has 13 heavy (non-hydrogen) atoms. The Bertz CT molecular complexity index is 225. The first-order valence-electron chi connectivity index (χ1n) is 4.81. The molecule has 0 spiro atoms. The fourth-order valence-corrected chi connectivity index (χ4v) is 1.13. The predicted octanol–water partition coefficient (Wildman–Crippen LogP) is 2.94. The summed E-state index contributed by atoms with van der Waals surface area (Å²) in [6.45, 7) is 8.34. The minimum atomic E-state index is -0.192. The van der Waals surface area contributed by atoms with Crippen molar-refractivity contribution in [1.82, 2.24) is 0 Å². The Labute approximate surface area is 80.7 Å². The van der Waals surface area contributed by atoms with Crippen molar-refractivity contribution in [2.24, 2.45) is 4.99 Å². The molecule has 1 aliphatic rings. The zero-order valence-electron chi connectivity index (χ0n) is 9.00. The first kappa shape index (κ1) is 10.3. The third-order valence-corrected chi connectivity index (χ3v) is 1.97. The largest absolute Gasteiger partial charge is 0.490 e. The molecule has 0 aliphatic carbocycles. The molecule has 1 rings (SSSR count). The highest BCUT2D eigenvalue weighted by atomic mass is 16.5. The Balaban J connectivity index is 2.61. The molecule has 1 atom stereocenters. The second-order valence-electron chi connectivity index (χ2n) is 4.77. The molecule has 0 bridgehead atoms. The van der Waals surface area contributed by atoms with Crippen LogP contribution in [0.1, 0.15) is 40.5 Å². The van der Waals surface area contributed by atoms with E-state index in [1.165, 1.54) is 0 Å². The van der Waals surface area contributed by atoms with Crippen LogP contribution >= 0.6 is 0 Å².